The lowest BCUT2D eigenvalue weighted by Gasteiger charge is -2.26. The highest BCUT2D eigenvalue weighted by Crippen LogP contribution is 2.13. The highest BCUT2D eigenvalue weighted by atomic mass is 16.5. The van der Waals surface area contributed by atoms with Crippen LogP contribution in [-0.2, 0) is 16.0 Å². The molecule has 0 unspecified atom stereocenters. The third kappa shape index (κ3) is 6.44. The molecule has 5 nitrogen and oxygen atoms in total. The monoisotopic (exact) mass is 294 g/mol. The minimum atomic E-state index is 0.588. The van der Waals surface area contributed by atoms with Crippen molar-refractivity contribution in [3.05, 3.63) is 29.8 Å². The highest BCUT2D eigenvalue weighted by Gasteiger charge is 2.08. The van der Waals surface area contributed by atoms with Gasteiger partial charge in [-0.25, -0.2) is 0 Å². The van der Waals surface area contributed by atoms with Gasteiger partial charge in [0.25, 0.3) is 0 Å². The third-order valence-electron chi connectivity index (χ3n) is 3.49. The summed E-state index contributed by atoms with van der Waals surface area (Å²) in [4.78, 5) is 2.43. The van der Waals surface area contributed by atoms with Gasteiger partial charge in [-0.2, -0.15) is 0 Å². The molecule has 0 aromatic heterocycles. The fourth-order valence-electron chi connectivity index (χ4n) is 2.28. The van der Waals surface area contributed by atoms with Crippen LogP contribution < -0.4 is 10.1 Å². The summed E-state index contributed by atoms with van der Waals surface area (Å²) >= 11 is 0. The van der Waals surface area contributed by atoms with Crippen molar-refractivity contribution in [3.8, 4) is 5.75 Å². The van der Waals surface area contributed by atoms with Crippen molar-refractivity contribution in [2.24, 2.45) is 0 Å². The topological polar surface area (TPSA) is 43.0 Å². The summed E-state index contributed by atoms with van der Waals surface area (Å²) in [5.74, 6) is 0.902. The van der Waals surface area contributed by atoms with Gasteiger partial charge in [-0.05, 0) is 17.7 Å². The number of hydrogen-bond donors (Lipinski definition) is 1. The summed E-state index contributed by atoms with van der Waals surface area (Å²) < 4.78 is 15.9. The van der Waals surface area contributed by atoms with E-state index in [1.54, 1.807) is 7.11 Å². The molecule has 1 aliphatic heterocycles. The fraction of sp³-hybridized carbons (Fsp3) is 0.625. The van der Waals surface area contributed by atoms with Crippen molar-refractivity contribution in [1.29, 1.82) is 0 Å². The molecule has 1 saturated heterocycles. The minimum absolute atomic E-state index is 0.588. The number of nitrogens with one attached hydrogen (secondary N) is 1. The van der Waals surface area contributed by atoms with Crippen LogP contribution >= 0.6 is 0 Å². The van der Waals surface area contributed by atoms with E-state index in [-0.39, 0.29) is 0 Å². The average Bonchev–Trinajstić information content (AvgIpc) is 2.53. The first-order valence-electron chi connectivity index (χ1n) is 7.60. The molecular formula is C16H26N2O3. The number of methoxy groups -OCH3 is 1. The van der Waals surface area contributed by atoms with Crippen molar-refractivity contribution in [2.75, 3.05) is 59.7 Å². The first kappa shape index (κ1) is 16.2. The zero-order valence-electron chi connectivity index (χ0n) is 12.8. The van der Waals surface area contributed by atoms with Gasteiger partial charge in [0.15, 0.2) is 0 Å². The van der Waals surface area contributed by atoms with Crippen molar-refractivity contribution < 1.29 is 14.2 Å². The number of benzene rings is 1. The second-order valence-corrected chi connectivity index (χ2v) is 5.12. The number of ether oxygens (including phenoxy) is 3. The molecule has 0 amide bonds. The average molecular weight is 294 g/mol. The van der Waals surface area contributed by atoms with Crippen LogP contribution in [0.3, 0.4) is 0 Å². The molecule has 2 rings (SSSR count). The van der Waals surface area contributed by atoms with Crippen LogP contribution in [0.1, 0.15) is 5.56 Å². The van der Waals surface area contributed by atoms with Gasteiger partial charge in [0, 0.05) is 39.8 Å². The Hall–Kier alpha value is -1.14. The molecular weight excluding hydrogens is 268 g/mol. The van der Waals surface area contributed by atoms with Gasteiger partial charge >= 0.3 is 0 Å². The molecule has 0 atom stereocenters. The SMILES string of the molecule is COCCOc1cccc(CNCCN2CCOCC2)c1. The lowest BCUT2D eigenvalue weighted by atomic mass is 10.2. The molecule has 0 saturated carbocycles. The summed E-state index contributed by atoms with van der Waals surface area (Å²) in [6.07, 6.45) is 0. The van der Waals surface area contributed by atoms with E-state index in [2.05, 4.69) is 22.3 Å². The smallest absolute Gasteiger partial charge is 0.119 e. The molecule has 1 aromatic carbocycles. The maximum atomic E-state index is 5.61. The van der Waals surface area contributed by atoms with Crippen molar-refractivity contribution in [1.82, 2.24) is 10.2 Å². The van der Waals surface area contributed by atoms with Crippen LogP contribution in [0, 0.1) is 0 Å². The lowest BCUT2D eigenvalue weighted by Crippen LogP contribution is -2.40. The van der Waals surface area contributed by atoms with Gasteiger partial charge in [0.1, 0.15) is 12.4 Å². The second kappa shape index (κ2) is 9.73. The Kier molecular flexibility index (Phi) is 7.53. The van der Waals surface area contributed by atoms with Gasteiger partial charge in [-0.15, -0.1) is 0 Å². The minimum Gasteiger partial charge on any atom is -0.491 e. The first-order valence-corrected chi connectivity index (χ1v) is 7.60. The summed E-state index contributed by atoms with van der Waals surface area (Å²) in [5, 5.41) is 3.48. The predicted octanol–water partition coefficient (Wildman–Crippen LogP) is 1.13. The van der Waals surface area contributed by atoms with Crippen LogP contribution in [0.15, 0.2) is 24.3 Å². The maximum Gasteiger partial charge on any atom is 0.119 e. The van der Waals surface area contributed by atoms with Crippen molar-refractivity contribution in [3.63, 3.8) is 0 Å². The van der Waals surface area contributed by atoms with Crippen LogP contribution in [-0.4, -0.2) is 64.6 Å². The van der Waals surface area contributed by atoms with E-state index < -0.39 is 0 Å². The molecule has 5 heteroatoms. The molecule has 1 N–H and O–H groups in total. The first-order chi connectivity index (χ1) is 10.4. The number of morpholine rings is 1. The van der Waals surface area contributed by atoms with E-state index in [1.165, 1.54) is 5.56 Å². The summed E-state index contributed by atoms with van der Waals surface area (Å²) in [6, 6.07) is 8.20. The van der Waals surface area contributed by atoms with E-state index in [0.717, 1.165) is 51.7 Å². The molecule has 1 aliphatic rings. The molecule has 21 heavy (non-hydrogen) atoms. The molecule has 1 aromatic rings. The largest absolute Gasteiger partial charge is 0.491 e. The van der Waals surface area contributed by atoms with Crippen molar-refractivity contribution in [2.45, 2.75) is 6.54 Å². The van der Waals surface area contributed by atoms with Gasteiger partial charge in [0.05, 0.1) is 19.8 Å². The van der Waals surface area contributed by atoms with Crippen LogP contribution in [0.25, 0.3) is 0 Å². The summed E-state index contributed by atoms with van der Waals surface area (Å²) in [6.45, 7) is 7.96. The molecule has 0 radical (unpaired) electrons. The Morgan fingerprint density at radius 3 is 2.90 bits per heavy atom. The molecule has 0 spiro atoms. The quantitative estimate of drug-likeness (QED) is 0.692. The van der Waals surface area contributed by atoms with Gasteiger partial charge < -0.3 is 19.5 Å². The Labute approximate surface area is 127 Å². The van der Waals surface area contributed by atoms with E-state index >= 15 is 0 Å². The zero-order valence-corrected chi connectivity index (χ0v) is 12.8. The number of rotatable bonds is 9. The zero-order chi connectivity index (χ0) is 14.8. The predicted molar refractivity (Wildman–Crippen MR) is 82.8 cm³/mol. The molecule has 1 heterocycles. The fourth-order valence-corrected chi connectivity index (χ4v) is 2.28. The summed E-state index contributed by atoms with van der Waals surface area (Å²) in [5.41, 5.74) is 1.24. The maximum absolute atomic E-state index is 5.61. The van der Waals surface area contributed by atoms with E-state index in [4.69, 9.17) is 14.2 Å². The second-order valence-electron chi connectivity index (χ2n) is 5.12. The Morgan fingerprint density at radius 2 is 2.10 bits per heavy atom. The van der Waals surface area contributed by atoms with Gasteiger partial charge in [0.2, 0.25) is 0 Å². The standard InChI is InChI=1S/C16H26N2O3/c1-19-11-12-21-16-4-2-3-15(13-16)14-17-5-6-18-7-9-20-10-8-18/h2-4,13,17H,5-12,14H2,1H3. The van der Waals surface area contributed by atoms with Crippen LogP contribution in [0.4, 0.5) is 0 Å². The third-order valence-corrected chi connectivity index (χ3v) is 3.49. The van der Waals surface area contributed by atoms with E-state index in [9.17, 15) is 0 Å². The molecule has 0 bridgehead atoms. The number of hydrogen-bond acceptors (Lipinski definition) is 5. The molecule has 118 valence electrons. The normalized spacial score (nSPS) is 16.0. The molecule has 1 fully saturated rings. The van der Waals surface area contributed by atoms with Crippen molar-refractivity contribution >= 4 is 0 Å². The highest BCUT2D eigenvalue weighted by molar-refractivity contribution is 5.28. The number of nitrogens with zero attached hydrogens (tertiary/aromatic N) is 1. The lowest BCUT2D eigenvalue weighted by molar-refractivity contribution is 0.0384. The van der Waals surface area contributed by atoms with Gasteiger partial charge in [-0.1, -0.05) is 12.1 Å². The Bertz CT molecular complexity index is 395. The van der Waals surface area contributed by atoms with Gasteiger partial charge in [-0.3, -0.25) is 4.90 Å². The molecule has 0 aliphatic carbocycles. The Balaban J connectivity index is 1.64. The van der Waals surface area contributed by atoms with E-state index in [1.807, 2.05) is 12.1 Å². The Morgan fingerprint density at radius 1 is 1.24 bits per heavy atom. The van der Waals surface area contributed by atoms with Crippen LogP contribution in [0.5, 0.6) is 5.75 Å². The summed E-state index contributed by atoms with van der Waals surface area (Å²) in [7, 11) is 1.68. The van der Waals surface area contributed by atoms with E-state index in [0.29, 0.717) is 13.2 Å². The van der Waals surface area contributed by atoms with Crippen LogP contribution in [0.2, 0.25) is 0 Å².